The van der Waals surface area contributed by atoms with Crippen LogP contribution in [0.15, 0.2) is 61.7 Å². The maximum atomic E-state index is 13.5. The molecule has 40 heavy (non-hydrogen) atoms. The van der Waals surface area contributed by atoms with Crippen LogP contribution in [-0.2, 0) is 22.4 Å². The van der Waals surface area contributed by atoms with Crippen molar-refractivity contribution in [3.05, 3.63) is 95.6 Å². The van der Waals surface area contributed by atoms with Gasteiger partial charge in [-0.25, -0.2) is 8.78 Å². The first-order valence-electron chi connectivity index (χ1n) is 14.3. The topological polar surface area (TPSA) is 74.6 Å². The van der Waals surface area contributed by atoms with Crippen LogP contribution >= 0.6 is 0 Å². The van der Waals surface area contributed by atoms with Crippen LogP contribution in [0.1, 0.15) is 86.5 Å². The van der Waals surface area contributed by atoms with Crippen molar-refractivity contribution in [2.75, 3.05) is 0 Å². The first kappa shape index (κ1) is 34.7. The average molecular weight is 557 g/mol. The van der Waals surface area contributed by atoms with Crippen molar-refractivity contribution in [2.24, 2.45) is 11.8 Å². The van der Waals surface area contributed by atoms with Gasteiger partial charge in [0.1, 0.15) is 11.6 Å². The molecule has 0 heterocycles. The fourth-order valence-corrected chi connectivity index (χ4v) is 4.50. The molecular weight excluding hydrogens is 510 g/mol. The highest BCUT2D eigenvalue weighted by atomic mass is 19.1. The lowest BCUT2D eigenvalue weighted by atomic mass is 9.93. The number of carbonyl (C=O) groups is 2. The normalized spacial score (nSPS) is 12.1. The summed E-state index contributed by atoms with van der Waals surface area (Å²) in [5.74, 6) is -2.89. The Morgan fingerprint density at radius 3 is 1.60 bits per heavy atom. The summed E-state index contributed by atoms with van der Waals surface area (Å²) in [5.41, 5.74) is 2.80. The van der Waals surface area contributed by atoms with Gasteiger partial charge in [0.15, 0.2) is 0 Å². The van der Waals surface area contributed by atoms with Crippen LogP contribution in [0.2, 0.25) is 0 Å². The van der Waals surface area contributed by atoms with Gasteiger partial charge in [-0.1, -0.05) is 62.1 Å². The van der Waals surface area contributed by atoms with Crippen molar-refractivity contribution in [1.29, 1.82) is 0 Å². The number of aryl methyl sites for hydroxylation is 2. The summed E-state index contributed by atoms with van der Waals surface area (Å²) in [6, 6.07) is 9.79. The van der Waals surface area contributed by atoms with Gasteiger partial charge in [0.25, 0.3) is 0 Å². The van der Waals surface area contributed by atoms with Gasteiger partial charge in [-0.15, -0.1) is 13.2 Å². The van der Waals surface area contributed by atoms with E-state index in [9.17, 15) is 28.6 Å². The molecule has 220 valence electrons. The second-order valence-electron chi connectivity index (χ2n) is 10.5. The van der Waals surface area contributed by atoms with Gasteiger partial charge in [-0.05, 0) is 99.6 Å². The lowest BCUT2D eigenvalue weighted by Crippen LogP contribution is -2.16. The number of aliphatic carboxylic acids is 2. The van der Waals surface area contributed by atoms with E-state index in [2.05, 4.69) is 13.2 Å². The van der Waals surface area contributed by atoms with Gasteiger partial charge >= 0.3 is 11.9 Å². The van der Waals surface area contributed by atoms with Crippen molar-refractivity contribution >= 4 is 11.9 Å². The Balaban J connectivity index is 0.000000400. The molecule has 0 aliphatic heterocycles. The fraction of sp³-hybridized carbons (Fsp3) is 0.471. The van der Waals surface area contributed by atoms with Crippen LogP contribution < -0.4 is 0 Å². The minimum absolute atomic E-state index is 0.245. The molecule has 0 unspecified atom stereocenters. The number of benzene rings is 2. The van der Waals surface area contributed by atoms with Gasteiger partial charge < -0.3 is 10.2 Å². The summed E-state index contributed by atoms with van der Waals surface area (Å²) in [7, 11) is 0. The van der Waals surface area contributed by atoms with E-state index in [1.54, 1.807) is 32.0 Å². The molecule has 0 amide bonds. The molecule has 0 aliphatic rings. The van der Waals surface area contributed by atoms with E-state index in [4.69, 9.17) is 0 Å². The molecule has 0 fully saturated rings. The fourth-order valence-electron chi connectivity index (χ4n) is 4.50. The van der Waals surface area contributed by atoms with Gasteiger partial charge in [0.2, 0.25) is 0 Å². The second-order valence-corrected chi connectivity index (χ2v) is 10.5. The summed E-state index contributed by atoms with van der Waals surface area (Å²) in [6.07, 6.45) is 13.8. The van der Waals surface area contributed by atoms with Crippen molar-refractivity contribution in [3.8, 4) is 0 Å². The lowest BCUT2D eigenvalue weighted by Gasteiger charge is -2.13. The Labute approximate surface area is 238 Å². The summed E-state index contributed by atoms with van der Waals surface area (Å²) >= 11 is 0. The predicted octanol–water partition coefficient (Wildman–Crippen LogP) is 9.03. The van der Waals surface area contributed by atoms with E-state index in [1.807, 2.05) is 18.2 Å². The largest absolute Gasteiger partial charge is 0.481 e. The van der Waals surface area contributed by atoms with Crippen LogP contribution in [0.5, 0.6) is 0 Å². The first-order chi connectivity index (χ1) is 19.1. The third kappa shape index (κ3) is 14.2. The third-order valence-corrected chi connectivity index (χ3v) is 7.04. The van der Waals surface area contributed by atoms with Crippen LogP contribution in [0, 0.1) is 37.3 Å². The molecule has 2 atom stereocenters. The molecule has 2 aromatic carbocycles. The predicted molar refractivity (Wildman–Crippen MR) is 158 cm³/mol. The van der Waals surface area contributed by atoms with Gasteiger partial charge in [-0.3, -0.25) is 9.59 Å². The zero-order valence-corrected chi connectivity index (χ0v) is 24.1. The maximum absolute atomic E-state index is 13.5. The zero-order valence-electron chi connectivity index (χ0n) is 24.1. The number of halogens is 2. The first-order valence-corrected chi connectivity index (χ1v) is 14.3. The molecule has 4 nitrogen and oxygen atoms in total. The highest BCUT2D eigenvalue weighted by molar-refractivity contribution is 5.70. The van der Waals surface area contributed by atoms with E-state index in [0.29, 0.717) is 36.8 Å². The van der Waals surface area contributed by atoms with Gasteiger partial charge in [0, 0.05) is 0 Å². The number of unbranched alkanes of at least 4 members (excludes halogenated alkanes) is 6. The highest BCUT2D eigenvalue weighted by Crippen LogP contribution is 2.20. The van der Waals surface area contributed by atoms with Crippen molar-refractivity contribution in [3.63, 3.8) is 0 Å². The summed E-state index contributed by atoms with van der Waals surface area (Å²) < 4.78 is 26.7. The van der Waals surface area contributed by atoms with Crippen molar-refractivity contribution in [1.82, 2.24) is 0 Å². The summed E-state index contributed by atoms with van der Waals surface area (Å²) in [6.45, 7) is 10.7. The van der Waals surface area contributed by atoms with E-state index in [-0.39, 0.29) is 17.6 Å². The van der Waals surface area contributed by atoms with E-state index in [0.717, 1.165) is 62.5 Å². The second kappa shape index (κ2) is 19.7. The molecule has 2 aromatic rings. The number of allylic oxidation sites excluding steroid dienone is 2. The summed E-state index contributed by atoms with van der Waals surface area (Å²) in [5, 5.41) is 18.5. The Morgan fingerprint density at radius 2 is 1.18 bits per heavy atom. The van der Waals surface area contributed by atoms with Gasteiger partial charge in [0.05, 0.1) is 11.8 Å². The zero-order chi connectivity index (χ0) is 29.9. The number of hydrogen-bond acceptors (Lipinski definition) is 2. The molecule has 0 aromatic heterocycles. The monoisotopic (exact) mass is 556 g/mol. The van der Waals surface area contributed by atoms with Crippen LogP contribution in [0.25, 0.3) is 0 Å². The lowest BCUT2D eigenvalue weighted by molar-refractivity contribution is -0.142. The van der Waals surface area contributed by atoms with E-state index < -0.39 is 17.9 Å². The Morgan fingerprint density at radius 1 is 0.700 bits per heavy atom. The van der Waals surface area contributed by atoms with Crippen LogP contribution in [-0.4, -0.2) is 22.2 Å². The molecule has 2 rings (SSSR count). The average Bonchev–Trinajstić information content (AvgIpc) is 2.91. The van der Waals surface area contributed by atoms with Crippen LogP contribution in [0.3, 0.4) is 0 Å². The Kier molecular flexibility index (Phi) is 17.1. The van der Waals surface area contributed by atoms with Crippen LogP contribution in [0.4, 0.5) is 8.78 Å². The van der Waals surface area contributed by atoms with E-state index >= 15 is 0 Å². The minimum atomic E-state index is -0.797. The standard InChI is InChI=1S/2C17H23FO2/c1-3-4-5-6-7-8-15(17(19)20)12-14-9-10-16(18)13(2)11-14;1-3-4-5-6-7-8-15(17(19)20)11-14-10-9-13(2)16(18)12-14/h3,9-11,15H,1,4-8,12H2,2H3,(H,19,20);3,9-10,12,15H,1,4-8,11H2,2H3,(H,19,20)/t2*15-/m11/s1. The Hall–Kier alpha value is -3.28. The quantitative estimate of drug-likeness (QED) is 0.142. The number of carboxylic acid groups (broad SMARTS) is 2. The molecule has 2 N–H and O–H groups in total. The van der Waals surface area contributed by atoms with Gasteiger partial charge in [-0.2, -0.15) is 0 Å². The molecule has 0 bridgehead atoms. The summed E-state index contributed by atoms with van der Waals surface area (Å²) in [4.78, 5) is 22.6. The smallest absolute Gasteiger partial charge is 0.306 e. The minimum Gasteiger partial charge on any atom is -0.481 e. The maximum Gasteiger partial charge on any atom is 0.306 e. The molecule has 6 heteroatoms. The Bertz CT molecular complexity index is 994. The van der Waals surface area contributed by atoms with Crippen molar-refractivity contribution < 1.29 is 28.6 Å². The molecule has 0 aliphatic carbocycles. The molecular formula is C34H46F2O4. The number of rotatable bonds is 18. The molecule has 0 spiro atoms. The highest BCUT2D eigenvalue weighted by Gasteiger charge is 2.19. The third-order valence-electron chi connectivity index (χ3n) is 7.04. The SMILES string of the molecule is C=CCCCCC[C@H](Cc1ccc(C)c(F)c1)C(=O)O.C=CCCCCC[C@H](Cc1ccc(F)c(C)c1)C(=O)O. The number of carboxylic acids is 2. The molecule has 0 saturated heterocycles. The van der Waals surface area contributed by atoms with Crippen molar-refractivity contribution in [2.45, 2.75) is 90.9 Å². The molecule has 0 radical (unpaired) electrons. The van der Waals surface area contributed by atoms with E-state index in [1.165, 1.54) is 12.1 Å². The molecule has 0 saturated carbocycles. The number of hydrogen-bond donors (Lipinski definition) is 2.